The van der Waals surface area contributed by atoms with E-state index < -0.39 is 0 Å². The van der Waals surface area contributed by atoms with Crippen molar-refractivity contribution in [2.45, 2.75) is 20.8 Å². The molecule has 0 N–H and O–H groups in total. The fraction of sp³-hybridized carbons (Fsp3) is 0.227. The molecule has 0 spiro atoms. The first-order chi connectivity index (χ1) is 13.9. The second kappa shape index (κ2) is 8.84. The van der Waals surface area contributed by atoms with Crippen molar-refractivity contribution in [2.24, 2.45) is 4.99 Å². The quantitative estimate of drug-likeness (QED) is 0.380. The SMILES string of the molecule is CCN(C)C=Nc1cc(C)c(Oc2snc(-c3ccc(F)cc3)c2C#N)cc1C. The third-order valence-electron chi connectivity index (χ3n) is 4.48. The van der Waals surface area contributed by atoms with Gasteiger partial charge in [0.05, 0.1) is 12.0 Å². The number of benzene rings is 2. The van der Waals surface area contributed by atoms with Crippen molar-refractivity contribution in [1.82, 2.24) is 9.27 Å². The van der Waals surface area contributed by atoms with Crippen LogP contribution < -0.4 is 4.74 Å². The smallest absolute Gasteiger partial charge is 0.218 e. The Morgan fingerprint density at radius 3 is 2.62 bits per heavy atom. The van der Waals surface area contributed by atoms with Crippen molar-refractivity contribution in [3.63, 3.8) is 0 Å². The first-order valence-corrected chi connectivity index (χ1v) is 9.89. The molecule has 0 saturated heterocycles. The van der Waals surface area contributed by atoms with Crippen LogP contribution >= 0.6 is 11.5 Å². The van der Waals surface area contributed by atoms with Crippen LogP contribution in [-0.4, -0.2) is 29.2 Å². The van der Waals surface area contributed by atoms with Gasteiger partial charge in [-0.1, -0.05) is 0 Å². The minimum absolute atomic E-state index is 0.335. The van der Waals surface area contributed by atoms with E-state index in [4.69, 9.17) is 4.74 Å². The molecule has 148 valence electrons. The molecule has 0 atom stereocenters. The number of nitriles is 1. The van der Waals surface area contributed by atoms with E-state index in [0.29, 0.717) is 27.6 Å². The van der Waals surface area contributed by atoms with Gasteiger partial charge in [-0.25, -0.2) is 9.38 Å². The molecule has 0 unspecified atom stereocenters. The summed E-state index contributed by atoms with van der Waals surface area (Å²) < 4.78 is 23.6. The van der Waals surface area contributed by atoms with Crippen LogP contribution in [0.15, 0.2) is 41.4 Å². The molecule has 0 fully saturated rings. The summed E-state index contributed by atoms with van der Waals surface area (Å²) in [5.41, 5.74) is 4.24. The van der Waals surface area contributed by atoms with Crippen LogP contribution in [0.1, 0.15) is 23.6 Å². The average molecular weight is 409 g/mol. The van der Waals surface area contributed by atoms with Crippen LogP contribution in [0.5, 0.6) is 10.8 Å². The highest BCUT2D eigenvalue weighted by Gasteiger charge is 2.18. The lowest BCUT2D eigenvalue weighted by Crippen LogP contribution is -2.14. The van der Waals surface area contributed by atoms with Gasteiger partial charge in [-0.05, 0) is 68.3 Å². The van der Waals surface area contributed by atoms with E-state index >= 15 is 0 Å². The van der Waals surface area contributed by atoms with Gasteiger partial charge >= 0.3 is 0 Å². The van der Waals surface area contributed by atoms with Crippen molar-refractivity contribution in [3.8, 4) is 28.1 Å². The van der Waals surface area contributed by atoms with E-state index in [-0.39, 0.29) is 5.82 Å². The summed E-state index contributed by atoms with van der Waals surface area (Å²) in [6, 6.07) is 11.9. The summed E-state index contributed by atoms with van der Waals surface area (Å²) in [4.78, 5) is 6.52. The number of aromatic nitrogens is 1. The maximum Gasteiger partial charge on any atom is 0.218 e. The van der Waals surface area contributed by atoms with Crippen molar-refractivity contribution in [3.05, 3.63) is 58.9 Å². The van der Waals surface area contributed by atoms with Gasteiger partial charge in [0.25, 0.3) is 0 Å². The van der Waals surface area contributed by atoms with Crippen LogP contribution in [0.3, 0.4) is 0 Å². The van der Waals surface area contributed by atoms with Crippen molar-refractivity contribution in [2.75, 3.05) is 13.6 Å². The van der Waals surface area contributed by atoms with E-state index in [1.54, 1.807) is 18.5 Å². The van der Waals surface area contributed by atoms with E-state index in [9.17, 15) is 9.65 Å². The number of rotatable bonds is 6. The highest BCUT2D eigenvalue weighted by molar-refractivity contribution is 7.08. The third-order valence-corrected chi connectivity index (χ3v) is 5.21. The number of aliphatic imine (C=N–C) groups is 1. The Kier molecular flexibility index (Phi) is 6.25. The average Bonchev–Trinajstić information content (AvgIpc) is 3.12. The Morgan fingerprint density at radius 2 is 1.97 bits per heavy atom. The standard InChI is InChI=1S/C22H21FN4OS/c1-5-27(4)13-25-19-10-15(3)20(11-14(19)2)28-22-18(12-24)21(26-29-22)16-6-8-17(23)9-7-16/h6-11,13H,5H2,1-4H3. The van der Waals surface area contributed by atoms with Crippen LogP contribution in [-0.2, 0) is 0 Å². The molecule has 1 heterocycles. The van der Waals surface area contributed by atoms with Gasteiger partial charge < -0.3 is 9.64 Å². The molecule has 29 heavy (non-hydrogen) atoms. The van der Waals surface area contributed by atoms with Gasteiger partial charge in [0.1, 0.15) is 28.9 Å². The second-order valence-electron chi connectivity index (χ2n) is 6.64. The predicted octanol–water partition coefficient (Wildman–Crippen LogP) is 5.84. The normalized spacial score (nSPS) is 10.9. The van der Waals surface area contributed by atoms with Gasteiger partial charge in [-0.2, -0.15) is 9.64 Å². The van der Waals surface area contributed by atoms with E-state index in [1.165, 1.54) is 12.1 Å². The number of halogens is 1. The lowest BCUT2D eigenvalue weighted by atomic mass is 10.1. The third kappa shape index (κ3) is 4.61. The monoisotopic (exact) mass is 408 g/mol. The Hall–Kier alpha value is -3.24. The summed E-state index contributed by atoms with van der Waals surface area (Å²) in [5.74, 6) is 0.314. The number of hydrogen-bond donors (Lipinski definition) is 0. The topological polar surface area (TPSA) is 61.5 Å². The number of nitrogens with zero attached hydrogens (tertiary/aromatic N) is 4. The predicted molar refractivity (Wildman–Crippen MR) is 115 cm³/mol. The highest BCUT2D eigenvalue weighted by atomic mass is 32.1. The Labute approximate surface area is 173 Å². The maximum absolute atomic E-state index is 13.2. The van der Waals surface area contributed by atoms with Crippen LogP contribution in [0.2, 0.25) is 0 Å². The zero-order valence-electron chi connectivity index (χ0n) is 16.7. The Morgan fingerprint density at radius 1 is 1.24 bits per heavy atom. The first-order valence-electron chi connectivity index (χ1n) is 9.12. The summed E-state index contributed by atoms with van der Waals surface area (Å²) >= 11 is 1.11. The summed E-state index contributed by atoms with van der Waals surface area (Å²) in [6.45, 7) is 6.84. The van der Waals surface area contributed by atoms with Crippen molar-refractivity contribution < 1.29 is 9.13 Å². The van der Waals surface area contributed by atoms with E-state index in [2.05, 4.69) is 22.4 Å². The lowest BCUT2D eigenvalue weighted by molar-refractivity contribution is 0.491. The molecule has 5 nitrogen and oxygen atoms in total. The molecular formula is C22H21FN4OS. The molecule has 0 bridgehead atoms. The summed E-state index contributed by atoms with van der Waals surface area (Å²) in [7, 11) is 1.97. The molecule has 0 amide bonds. The lowest BCUT2D eigenvalue weighted by Gasteiger charge is -2.12. The fourth-order valence-corrected chi connectivity index (χ4v) is 3.35. The van der Waals surface area contributed by atoms with Crippen LogP contribution in [0, 0.1) is 31.0 Å². The van der Waals surface area contributed by atoms with Gasteiger partial charge in [0.2, 0.25) is 5.06 Å². The minimum Gasteiger partial charge on any atom is -0.443 e. The van der Waals surface area contributed by atoms with Gasteiger partial charge in [0, 0.05) is 30.7 Å². The van der Waals surface area contributed by atoms with E-state index in [0.717, 1.165) is 34.9 Å². The Bertz CT molecular complexity index is 1080. The summed E-state index contributed by atoms with van der Waals surface area (Å²) in [5, 5.41) is 10.0. The molecule has 1 aromatic heterocycles. The molecule has 0 saturated carbocycles. The minimum atomic E-state index is -0.335. The zero-order valence-corrected chi connectivity index (χ0v) is 17.5. The maximum atomic E-state index is 13.2. The van der Waals surface area contributed by atoms with Gasteiger partial charge in [-0.15, -0.1) is 0 Å². The van der Waals surface area contributed by atoms with Crippen molar-refractivity contribution in [1.29, 1.82) is 5.26 Å². The largest absolute Gasteiger partial charge is 0.443 e. The Balaban J connectivity index is 1.91. The fourth-order valence-electron chi connectivity index (χ4n) is 2.61. The summed E-state index contributed by atoms with van der Waals surface area (Å²) in [6.07, 6.45) is 1.80. The molecule has 3 aromatic rings. The second-order valence-corrected chi connectivity index (χ2v) is 7.37. The number of aryl methyl sites for hydroxylation is 2. The van der Waals surface area contributed by atoms with Gasteiger partial charge in [-0.3, -0.25) is 0 Å². The molecular weight excluding hydrogens is 387 g/mol. The highest BCUT2D eigenvalue weighted by Crippen LogP contribution is 2.38. The van der Waals surface area contributed by atoms with Crippen LogP contribution in [0.25, 0.3) is 11.3 Å². The molecule has 3 rings (SSSR count). The molecule has 2 aromatic carbocycles. The molecule has 0 aliphatic carbocycles. The first kappa shape index (κ1) is 20.5. The van der Waals surface area contributed by atoms with Gasteiger partial charge in [0.15, 0.2) is 0 Å². The number of hydrogen-bond acceptors (Lipinski definition) is 5. The van der Waals surface area contributed by atoms with Crippen LogP contribution in [0.4, 0.5) is 10.1 Å². The van der Waals surface area contributed by atoms with Crippen molar-refractivity contribution >= 4 is 23.6 Å². The molecule has 0 aliphatic heterocycles. The molecule has 0 radical (unpaired) electrons. The zero-order chi connectivity index (χ0) is 21.0. The number of ether oxygens (including phenoxy) is 1. The molecule has 0 aliphatic rings. The molecule has 7 heteroatoms. The van der Waals surface area contributed by atoms with E-state index in [1.807, 2.05) is 37.9 Å².